The molecule has 0 amide bonds. The Balaban J connectivity index is 2.47. The summed E-state index contributed by atoms with van der Waals surface area (Å²) in [5.41, 5.74) is 2.01. The maximum atomic E-state index is 13.8. The predicted molar refractivity (Wildman–Crippen MR) is 79.8 cm³/mol. The van der Waals surface area contributed by atoms with Crippen molar-refractivity contribution < 1.29 is 13.5 Å². The van der Waals surface area contributed by atoms with E-state index in [-0.39, 0.29) is 17.6 Å². The van der Waals surface area contributed by atoms with E-state index in [9.17, 15) is 8.78 Å². The number of hydrogen-bond acceptors (Lipinski definition) is 2. The maximum Gasteiger partial charge on any atom is 0.165 e. The van der Waals surface area contributed by atoms with Crippen molar-refractivity contribution in [3.8, 4) is 11.5 Å². The quantitative estimate of drug-likeness (QED) is 0.885. The van der Waals surface area contributed by atoms with Gasteiger partial charge in [0.05, 0.1) is 0 Å². The molecule has 0 saturated heterocycles. The fourth-order valence-electron chi connectivity index (χ4n) is 2.06. The van der Waals surface area contributed by atoms with E-state index in [1.165, 1.54) is 12.1 Å². The number of nitrogens with one attached hydrogen (secondary N) is 1. The van der Waals surface area contributed by atoms with Crippen LogP contribution in [-0.2, 0) is 0 Å². The van der Waals surface area contributed by atoms with Crippen molar-refractivity contribution in [2.45, 2.75) is 26.8 Å². The van der Waals surface area contributed by atoms with Crippen LogP contribution in [0.5, 0.6) is 11.5 Å². The Morgan fingerprint density at radius 1 is 1.00 bits per heavy atom. The minimum absolute atomic E-state index is 0.108. The minimum atomic E-state index is -0.439. The maximum absolute atomic E-state index is 13.8. The predicted octanol–water partition coefficient (Wildman–Crippen LogP) is 4.65. The normalized spacial score (nSPS) is 12.3. The summed E-state index contributed by atoms with van der Waals surface area (Å²) in [5.74, 6) is -0.138. The molecular weight excluding hydrogens is 272 g/mol. The number of benzene rings is 2. The summed E-state index contributed by atoms with van der Waals surface area (Å²) in [6, 6.07) is 7.59. The van der Waals surface area contributed by atoms with Gasteiger partial charge >= 0.3 is 0 Å². The molecule has 0 aliphatic carbocycles. The Morgan fingerprint density at radius 2 is 1.71 bits per heavy atom. The summed E-state index contributed by atoms with van der Waals surface area (Å²) in [4.78, 5) is 0. The van der Waals surface area contributed by atoms with Gasteiger partial charge in [-0.3, -0.25) is 0 Å². The van der Waals surface area contributed by atoms with E-state index in [4.69, 9.17) is 4.74 Å². The lowest BCUT2D eigenvalue weighted by Crippen LogP contribution is -2.14. The Kier molecular flexibility index (Phi) is 4.58. The van der Waals surface area contributed by atoms with Gasteiger partial charge in [0.2, 0.25) is 0 Å². The van der Waals surface area contributed by atoms with Crippen molar-refractivity contribution in [2.75, 3.05) is 7.05 Å². The molecule has 2 rings (SSSR count). The molecule has 0 aliphatic rings. The fraction of sp³-hybridized carbons (Fsp3) is 0.294. The molecule has 21 heavy (non-hydrogen) atoms. The van der Waals surface area contributed by atoms with Gasteiger partial charge in [0, 0.05) is 11.6 Å². The Bertz CT molecular complexity index is 655. The van der Waals surface area contributed by atoms with Gasteiger partial charge in [0.1, 0.15) is 11.6 Å². The SMILES string of the molecule is CNC(C)c1cc(F)c(C)cc1Oc1cc(C)ccc1F. The molecule has 1 unspecified atom stereocenters. The molecule has 0 aliphatic heterocycles. The van der Waals surface area contributed by atoms with Crippen molar-refractivity contribution in [3.63, 3.8) is 0 Å². The van der Waals surface area contributed by atoms with Crippen molar-refractivity contribution in [1.82, 2.24) is 5.32 Å². The van der Waals surface area contributed by atoms with E-state index in [1.54, 1.807) is 32.2 Å². The standard InChI is InChI=1S/C17H19F2NO/c1-10-5-6-14(18)17(7-10)21-16-8-11(2)15(19)9-13(16)12(3)20-4/h5-9,12,20H,1-4H3. The highest BCUT2D eigenvalue weighted by molar-refractivity contribution is 5.43. The third kappa shape index (κ3) is 3.39. The zero-order valence-corrected chi connectivity index (χ0v) is 12.6. The minimum Gasteiger partial charge on any atom is -0.454 e. The summed E-state index contributed by atoms with van der Waals surface area (Å²) in [5, 5.41) is 3.04. The van der Waals surface area contributed by atoms with Crippen LogP contribution in [0.2, 0.25) is 0 Å². The average Bonchev–Trinajstić information content (AvgIpc) is 2.45. The topological polar surface area (TPSA) is 21.3 Å². The first-order valence-electron chi connectivity index (χ1n) is 6.83. The summed E-state index contributed by atoms with van der Waals surface area (Å²) in [6.07, 6.45) is 0. The molecular formula is C17H19F2NO. The highest BCUT2D eigenvalue weighted by Crippen LogP contribution is 2.33. The second kappa shape index (κ2) is 6.22. The first-order chi connectivity index (χ1) is 9.92. The van der Waals surface area contributed by atoms with Crippen LogP contribution in [0.15, 0.2) is 30.3 Å². The highest BCUT2D eigenvalue weighted by Gasteiger charge is 2.16. The third-order valence-corrected chi connectivity index (χ3v) is 3.50. The molecule has 112 valence electrons. The lowest BCUT2D eigenvalue weighted by Gasteiger charge is -2.18. The average molecular weight is 291 g/mol. The molecule has 1 atom stereocenters. The monoisotopic (exact) mass is 291 g/mol. The molecule has 2 nitrogen and oxygen atoms in total. The molecule has 0 aromatic heterocycles. The lowest BCUT2D eigenvalue weighted by atomic mass is 10.0. The molecule has 2 aromatic rings. The summed E-state index contributed by atoms with van der Waals surface area (Å²) in [6.45, 7) is 5.41. The lowest BCUT2D eigenvalue weighted by molar-refractivity contribution is 0.429. The first-order valence-corrected chi connectivity index (χ1v) is 6.83. The molecule has 0 heterocycles. The zero-order valence-electron chi connectivity index (χ0n) is 12.6. The Hall–Kier alpha value is -1.94. The largest absolute Gasteiger partial charge is 0.454 e. The number of ether oxygens (including phenoxy) is 1. The van der Waals surface area contributed by atoms with Crippen molar-refractivity contribution >= 4 is 0 Å². The van der Waals surface area contributed by atoms with E-state index >= 15 is 0 Å². The van der Waals surface area contributed by atoms with Gasteiger partial charge in [0.25, 0.3) is 0 Å². The second-order valence-corrected chi connectivity index (χ2v) is 5.19. The summed E-state index contributed by atoms with van der Waals surface area (Å²) >= 11 is 0. The van der Waals surface area contributed by atoms with Crippen LogP contribution in [0.1, 0.15) is 29.7 Å². The van der Waals surface area contributed by atoms with Gasteiger partial charge in [-0.15, -0.1) is 0 Å². The van der Waals surface area contributed by atoms with E-state index in [2.05, 4.69) is 5.32 Å². The molecule has 0 bridgehead atoms. The molecule has 1 N–H and O–H groups in total. The van der Waals surface area contributed by atoms with Crippen LogP contribution >= 0.6 is 0 Å². The molecule has 0 spiro atoms. The molecule has 0 radical (unpaired) electrons. The Labute approximate surface area is 123 Å². The number of hydrogen-bond donors (Lipinski definition) is 1. The summed E-state index contributed by atoms with van der Waals surface area (Å²) in [7, 11) is 1.78. The third-order valence-electron chi connectivity index (χ3n) is 3.50. The smallest absolute Gasteiger partial charge is 0.165 e. The van der Waals surface area contributed by atoms with Crippen LogP contribution in [-0.4, -0.2) is 7.05 Å². The van der Waals surface area contributed by atoms with E-state index in [0.717, 1.165) is 5.56 Å². The fourth-order valence-corrected chi connectivity index (χ4v) is 2.06. The first kappa shape index (κ1) is 15.4. The van der Waals surface area contributed by atoms with Gasteiger partial charge < -0.3 is 10.1 Å². The van der Waals surface area contributed by atoms with Crippen LogP contribution in [0.3, 0.4) is 0 Å². The van der Waals surface area contributed by atoms with Crippen molar-refractivity contribution in [3.05, 3.63) is 58.7 Å². The number of aryl methyl sites for hydroxylation is 2. The zero-order chi connectivity index (χ0) is 15.6. The van der Waals surface area contributed by atoms with E-state index in [0.29, 0.717) is 16.9 Å². The van der Waals surface area contributed by atoms with E-state index in [1.807, 2.05) is 13.8 Å². The van der Waals surface area contributed by atoms with Crippen molar-refractivity contribution in [1.29, 1.82) is 0 Å². The van der Waals surface area contributed by atoms with Gasteiger partial charge in [0.15, 0.2) is 11.6 Å². The van der Waals surface area contributed by atoms with Gasteiger partial charge in [-0.1, -0.05) is 6.07 Å². The second-order valence-electron chi connectivity index (χ2n) is 5.19. The van der Waals surface area contributed by atoms with Gasteiger partial charge in [-0.25, -0.2) is 8.78 Å². The Morgan fingerprint density at radius 3 is 2.38 bits per heavy atom. The van der Waals surface area contributed by atoms with E-state index < -0.39 is 5.82 Å². The molecule has 4 heteroatoms. The van der Waals surface area contributed by atoms with Gasteiger partial charge in [-0.2, -0.15) is 0 Å². The molecule has 0 saturated carbocycles. The highest BCUT2D eigenvalue weighted by atomic mass is 19.1. The summed E-state index contributed by atoms with van der Waals surface area (Å²) < 4.78 is 33.3. The van der Waals surface area contributed by atoms with Gasteiger partial charge in [-0.05, 0) is 63.2 Å². The van der Waals surface area contributed by atoms with Crippen LogP contribution in [0.25, 0.3) is 0 Å². The van der Waals surface area contributed by atoms with Crippen LogP contribution in [0, 0.1) is 25.5 Å². The van der Waals surface area contributed by atoms with Crippen LogP contribution in [0.4, 0.5) is 8.78 Å². The number of halogens is 2. The number of rotatable bonds is 4. The van der Waals surface area contributed by atoms with Crippen molar-refractivity contribution in [2.24, 2.45) is 0 Å². The molecule has 0 fully saturated rings. The van der Waals surface area contributed by atoms with Crippen LogP contribution < -0.4 is 10.1 Å². The molecule has 2 aromatic carbocycles.